The molecule has 0 aromatic carbocycles. The molecule has 358 valence electrons. The first kappa shape index (κ1) is 48.9. The van der Waals surface area contributed by atoms with E-state index in [4.69, 9.17) is 14.9 Å². The second-order valence-electron chi connectivity index (χ2n) is 20.8. The van der Waals surface area contributed by atoms with Crippen LogP contribution in [0.4, 0.5) is 0 Å². The van der Waals surface area contributed by atoms with Crippen LogP contribution in [0.5, 0.6) is 0 Å². The van der Waals surface area contributed by atoms with Gasteiger partial charge in [-0.25, -0.2) is 5.43 Å². The van der Waals surface area contributed by atoms with Gasteiger partial charge in [0.25, 0.3) is 0 Å². The predicted octanol–water partition coefficient (Wildman–Crippen LogP) is 10.1. The molecule has 8 bridgehead atoms. The molecule has 2 aromatic rings. The Hall–Kier alpha value is -5.03. The van der Waals surface area contributed by atoms with E-state index >= 15 is 0 Å². The molecule has 11 heteroatoms. The molecular formula is C55H78N6O5. The maximum absolute atomic E-state index is 13.9. The number of hydrogen-bond donors (Lipinski definition) is 6. The summed E-state index contributed by atoms with van der Waals surface area (Å²) in [5.74, 6) is -0.274. The minimum atomic E-state index is -1.12. The van der Waals surface area contributed by atoms with E-state index in [-0.39, 0.29) is 42.5 Å². The summed E-state index contributed by atoms with van der Waals surface area (Å²) < 4.78 is 11.1. The van der Waals surface area contributed by atoms with Gasteiger partial charge in [-0.3, -0.25) is 20.0 Å². The molecule has 0 radical (unpaired) electrons. The predicted molar refractivity (Wildman–Crippen MR) is 266 cm³/mol. The van der Waals surface area contributed by atoms with Crippen LogP contribution in [0.1, 0.15) is 160 Å². The fourth-order valence-corrected chi connectivity index (χ4v) is 11.6. The molecule has 3 saturated heterocycles. The highest BCUT2D eigenvalue weighted by molar-refractivity contribution is 5.88. The second-order valence-corrected chi connectivity index (χ2v) is 20.8. The summed E-state index contributed by atoms with van der Waals surface area (Å²) in [4.78, 5) is 34.8. The van der Waals surface area contributed by atoms with Crippen LogP contribution in [0.2, 0.25) is 0 Å². The molecule has 6 N–H and O–H groups in total. The number of H-pyrrole nitrogens is 2. The Morgan fingerprint density at radius 2 is 1.65 bits per heavy atom. The Labute approximate surface area is 393 Å². The number of carbonyl (C=O) groups excluding carboxylic acids is 2. The molecule has 2 unspecified atom stereocenters. The Balaban J connectivity index is 1.10. The maximum Gasteiger partial charge on any atom is 0.327 e. The Morgan fingerprint density at radius 1 is 0.955 bits per heavy atom. The van der Waals surface area contributed by atoms with Gasteiger partial charge < -0.3 is 29.9 Å². The number of ether oxygens (including phenoxy) is 2. The molecule has 2 aromatic heterocycles. The summed E-state index contributed by atoms with van der Waals surface area (Å²) in [7, 11) is 0. The van der Waals surface area contributed by atoms with Crippen LogP contribution >= 0.6 is 0 Å². The minimum absolute atomic E-state index is 0.0469. The normalized spacial score (nSPS) is 26.8. The number of rotatable bonds is 21. The molecule has 5 aliphatic rings. The smallest absolute Gasteiger partial charge is 0.327 e. The molecule has 0 spiro atoms. The lowest BCUT2D eigenvalue weighted by atomic mass is 9.80. The highest BCUT2D eigenvalue weighted by atomic mass is 16.5. The lowest BCUT2D eigenvalue weighted by Gasteiger charge is -2.27. The van der Waals surface area contributed by atoms with Crippen molar-refractivity contribution in [3.05, 3.63) is 90.9 Å². The van der Waals surface area contributed by atoms with E-state index in [9.17, 15) is 14.7 Å². The van der Waals surface area contributed by atoms with Gasteiger partial charge >= 0.3 is 11.9 Å². The molecule has 11 nitrogen and oxygen atoms in total. The average Bonchev–Trinajstić information content (AvgIpc) is 3.42. The number of aliphatic hydroxyl groups is 1. The number of aromatic amines is 2. The quantitative estimate of drug-likeness (QED) is 0.0237. The zero-order chi connectivity index (χ0) is 47.6. The van der Waals surface area contributed by atoms with E-state index in [1.807, 2.05) is 12.2 Å². The van der Waals surface area contributed by atoms with Crippen LogP contribution in [0.15, 0.2) is 46.5 Å². The van der Waals surface area contributed by atoms with Crippen LogP contribution < -0.4 is 21.4 Å². The van der Waals surface area contributed by atoms with Crippen molar-refractivity contribution in [1.82, 2.24) is 25.7 Å². The number of nitrogens with zero attached hydrogens (tertiary/aromatic N) is 1. The van der Waals surface area contributed by atoms with Gasteiger partial charge in [0.2, 0.25) is 0 Å². The van der Waals surface area contributed by atoms with Crippen molar-refractivity contribution in [2.45, 2.75) is 158 Å². The summed E-state index contributed by atoms with van der Waals surface area (Å²) in [5, 5.41) is 27.7. The van der Waals surface area contributed by atoms with Crippen LogP contribution in [0.3, 0.4) is 0 Å². The van der Waals surface area contributed by atoms with Crippen molar-refractivity contribution in [3.8, 4) is 0 Å². The lowest BCUT2D eigenvalue weighted by Crippen LogP contribution is -2.37. The summed E-state index contributed by atoms with van der Waals surface area (Å²) in [5.41, 5.74) is 13.7. The second kappa shape index (κ2) is 20.5. The van der Waals surface area contributed by atoms with Gasteiger partial charge in [0, 0.05) is 57.2 Å². The van der Waals surface area contributed by atoms with Crippen LogP contribution in [-0.2, 0) is 25.5 Å². The standard InChI is InChI=1S/C55H78N6O5/c1-12-39-35(8)42-27-44-37(10)41(23-24-47(62)65-26-25-34(7)22-16-21-33(6)20-15-19-32(5)18-14-17-31(3)4)51(59-44)49-50(54(64)66-30-56)53(63)48-38(11)55(60-61(55)52(48)49)29-46-40(13-2)36(9)43(58-46)28-45(39)57-42/h12,25,27-33,37-38,41,50-51,56-60,63H,1,13-24,26H2,2-11H3/b34-25+,43-28-,44-27-,46-29-,56-30?/t32-,33-,37+,38?,41+,50-,51?,55+,61?/m1/s1. The third-order valence-corrected chi connectivity index (χ3v) is 15.8. The number of esters is 2. The van der Waals surface area contributed by atoms with Crippen LogP contribution in [-0.4, -0.2) is 56.7 Å². The first-order valence-corrected chi connectivity index (χ1v) is 25.1. The van der Waals surface area contributed by atoms with E-state index in [0.717, 1.165) is 75.7 Å². The third-order valence-electron chi connectivity index (χ3n) is 15.8. The number of aliphatic hydroxyl groups excluding tert-OH is 1. The highest BCUT2D eigenvalue weighted by Crippen LogP contribution is 2.60. The summed E-state index contributed by atoms with van der Waals surface area (Å²) in [6.07, 6.45) is 23.9. The molecule has 0 saturated carbocycles. The average molecular weight is 903 g/mol. The molecular weight excluding hydrogens is 825 g/mol. The van der Waals surface area contributed by atoms with Gasteiger partial charge in [-0.15, -0.1) is 0 Å². The van der Waals surface area contributed by atoms with E-state index in [1.165, 1.54) is 61.6 Å². The molecule has 3 fully saturated rings. The molecule has 1 aliphatic carbocycles. The fraction of sp³-hybridized carbons (Fsp3) is 0.582. The molecule has 7 rings (SSSR count). The molecule has 4 aliphatic heterocycles. The van der Waals surface area contributed by atoms with Gasteiger partial charge in [0.1, 0.15) is 18.3 Å². The lowest BCUT2D eigenvalue weighted by molar-refractivity contribution is -0.143. The first-order chi connectivity index (χ1) is 31.5. The van der Waals surface area contributed by atoms with Crippen molar-refractivity contribution in [2.75, 3.05) is 6.61 Å². The van der Waals surface area contributed by atoms with Gasteiger partial charge in [0.05, 0.1) is 11.7 Å². The topological polar surface area (TPSA) is 165 Å². The van der Waals surface area contributed by atoms with Crippen molar-refractivity contribution >= 4 is 42.6 Å². The van der Waals surface area contributed by atoms with Gasteiger partial charge in [-0.2, -0.15) is 0 Å². The summed E-state index contributed by atoms with van der Waals surface area (Å²) >= 11 is 0. The van der Waals surface area contributed by atoms with Crippen molar-refractivity contribution in [2.24, 2.45) is 41.4 Å². The highest BCUT2D eigenvalue weighted by Gasteiger charge is 2.68. The molecule has 0 amide bonds. The molecule has 66 heavy (non-hydrogen) atoms. The van der Waals surface area contributed by atoms with E-state index in [1.54, 1.807) is 0 Å². The van der Waals surface area contributed by atoms with E-state index in [0.29, 0.717) is 29.9 Å². The Kier molecular flexibility index (Phi) is 15.2. The van der Waals surface area contributed by atoms with E-state index < -0.39 is 23.6 Å². The van der Waals surface area contributed by atoms with Crippen LogP contribution in [0, 0.1) is 60.7 Å². The first-order valence-electron chi connectivity index (χ1n) is 25.1. The largest absolute Gasteiger partial charge is 0.511 e. The number of aromatic nitrogens is 2. The number of nitrogens with one attached hydrogen (secondary N) is 5. The SMILES string of the molecule is C=Cc1c2[nH]c(c1C)/C=C1\NC(C3=C4C(=C(O)[C@@H]3C(=O)OC=N)C(C)[C@@]3(/C=c5\[nH]/c(c(C)c5CC)=C\2)NN43)[C@@H](CCC(=O)OC/C=C(\C)CCC[C@H](C)CCC[C@H](C)CCCC(C)C)[C@@H]1C. The summed E-state index contributed by atoms with van der Waals surface area (Å²) in [6.45, 7) is 26.6. The van der Waals surface area contributed by atoms with Crippen LogP contribution in [0.25, 0.3) is 24.3 Å². The zero-order valence-corrected chi connectivity index (χ0v) is 41.5. The fourth-order valence-electron chi connectivity index (χ4n) is 11.6. The van der Waals surface area contributed by atoms with E-state index in [2.05, 4.69) is 120 Å². The number of allylic oxidation sites excluding steroid dienone is 3. The maximum atomic E-state index is 13.9. The van der Waals surface area contributed by atoms with Crippen molar-refractivity contribution < 1.29 is 24.2 Å². The summed E-state index contributed by atoms with van der Waals surface area (Å²) in [6, 6.07) is -0.455. The van der Waals surface area contributed by atoms with Gasteiger partial charge in [-0.05, 0) is 117 Å². The monoisotopic (exact) mass is 903 g/mol. The van der Waals surface area contributed by atoms with Gasteiger partial charge in [-0.1, -0.05) is 112 Å². The molecule has 8 atom stereocenters. The Bertz CT molecular complexity index is 2450. The Morgan fingerprint density at radius 3 is 2.32 bits per heavy atom. The number of hydrazine groups is 1. The number of hydrogen-bond acceptors (Lipinski definition) is 9. The van der Waals surface area contributed by atoms with Crippen molar-refractivity contribution in [3.63, 3.8) is 0 Å². The number of fused-ring (bicyclic) bond motifs is 7. The zero-order valence-electron chi connectivity index (χ0n) is 41.5. The number of carbonyl (C=O) groups is 2. The minimum Gasteiger partial charge on any atom is -0.511 e. The third kappa shape index (κ3) is 9.70. The van der Waals surface area contributed by atoms with Crippen molar-refractivity contribution in [1.29, 1.82) is 5.41 Å². The molecule has 6 heterocycles. The van der Waals surface area contributed by atoms with Gasteiger partial charge in [0.15, 0.2) is 12.1 Å².